The highest BCUT2D eigenvalue weighted by Crippen LogP contribution is 2.40. The second-order valence-electron chi connectivity index (χ2n) is 14.3. The molecule has 0 unspecified atom stereocenters. The maximum atomic E-state index is 14.1. The quantitative estimate of drug-likeness (QED) is 0.0396. The highest BCUT2D eigenvalue weighted by atomic mass is 19.1. The van der Waals surface area contributed by atoms with Crippen LogP contribution in [0.15, 0.2) is 6.33 Å². The van der Waals surface area contributed by atoms with Crippen LogP contribution in [0.25, 0.3) is 11.2 Å². The van der Waals surface area contributed by atoms with E-state index in [1.54, 1.807) is 0 Å². The van der Waals surface area contributed by atoms with Gasteiger partial charge in [0.25, 0.3) is 0 Å². The lowest BCUT2D eigenvalue weighted by molar-refractivity contribution is -0.166. The molecule has 0 spiro atoms. The van der Waals surface area contributed by atoms with Crippen molar-refractivity contribution in [2.75, 3.05) is 12.3 Å². The van der Waals surface area contributed by atoms with Gasteiger partial charge in [-0.25, -0.2) is 4.98 Å². The highest BCUT2D eigenvalue weighted by molar-refractivity contribution is 5.81. The Morgan fingerprint density at radius 2 is 1.33 bits per heavy atom. The Kier molecular flexibility index (Phi) is 19.9. The zero-order valence-electron chi connectivity index (χ0n) is 31.5. The fourth-order valence-electron chi connectivity index (χ4n) is 6.82. The van der Waals surface area contributed by atoms with Gasteiger partial charge in [-0.15, -0.1) is 6.42 Å². The molecule has 3 heterocycles. The number of esters is 2. The molecular weight excluding hydrogens is 649 g/mol. The van der Waals surface area contributed by atoms with Gasteiger partial charge in [0.2, 0.25) is 5.60 Å². The third-order valence-electron chi connectivity index (χ3n) is 9.95. The number of nitrogen functional groups attached to an aromatic ring is 1. The van der Waals surface area contributed by atoms with Gasteiger partial charge in [0.15, 0.2) is 17.0 Å². The number of rotatable bonds is 28. The number of terminal acetylenes is 1. The second-order valence-corrected chi connectivity index (χ2v) is 14.3. The Bertz CT molecular complexity index is 1350. The average molecular weight is 714 g/mol. The maximum Gasteiger partial charge on any atom is 0.312 e. The van der Waals surface area contributed by atoms with Crippen LogP contribution in [0.4, 0.5) is 10.2 Å². The Hall–Kier alpha value is -3.26. The molecule has 0 saturated carbocycles. The van der Waals surface area contributed by atoms with Gasteiger partial charge < -0.3 is 19.9 Å². The SMILES string of the molecule is C#C[C@]1(COC(=O)CCCCCCCCCCCCC)O[C@@H](n2cnc3c(N)nc(F)nc32)C[C@@H]1OC(=O)CCCCCCCCCCCCC. The summed E-state index contributed by atoms with van der Waals surface area (Å²) < 4.78 is 33.5. The number of anilines is 1. The number of carbonyl (C=O) groups is 2. The van der Waals surface area contributed by atoms with Crippen LogP contribution in [-0.2, 0) is 23.8 Å². The summed E-state index contributed by atoms with van der Waals surface area (Å²) in [6, 6.07) is 0. The van der Waals surface area contributed by atoms with Crippen LogP contribution in [-0.4, -0.2) is 49.8 Å². The van der Waals surface area contributed by atoms with Crippen LogP contribution in [0.2, 0.25) is 0 Å². The van der Waals surface area contributed by atoms with Crippen LogP contribution < -0.4 is 5.73 Å². The third kappa shape index (κ3) is 14.7. The number of hydrogen-bond acceptors (Lipinski definition) is 9. The van der Waals surface area contributed by atoms with Crippen LogP contribution in [0.3, 0.4) is 0 Å². The fraction of sp³-hybridized carbons (Fsp3) is 0.775. The smallest absolute Gasteiger partial charge is 0.312 e. The van der Waals surface area contributed by atoms with E-state index in [-0.39, 0.29) is 54.8 Å². The molecule has 2 N–H and O–H groups in total. The molecule has 1 saturated heterocycles. The lowest BCUT2D eigenvalue weighted by Gasteiger charge is -2.28. The van der Waals surface area contributed by atoms with Gasteiger partial charge in [-0.05, 0) is 12.8 Å². The monoisotopic (exact) mass is 713 g/mol. The average Bonchev–Trinajstić information content (AvgIpc) is 3.70. The number of carbonyl (C=O) groups excluding carboxylic acids is 2. The van der Waals surface area contributed by atoms with Crippen molar-refractivity contribution in [1.82, 2.24) is 19.5 Å². The molecule has 1 fully saturated rings. The van der Waals surface area contributed by atoms with Gasteiger partial charge >= 0.3 is 18.0 Å². The summed E-state index contributed by atoms with van der Waals surface area (Å²) in [4.78, 5) is 37.5. The Morgan fingerprint density at radius 1 is 0.843 bits per heavy atom. The molecule has 2 aromatic rings. The van der Waals surface area contributed by atoms with E-state index in [4.69, 9.17) is 26.4 Å². The number of fused-ring (bicyclic) bond motifs is 1. The molecule has 2 aromatic heterocycles. The van der Waals surface area contributed by atoms with Crippen molar-refractivity contribution < 1.29 is 28.2 Å². The molecule has 3 atom stereocenters. The van der Waals surface area contributed by atoms with E-state index in [0.717, 1.165) is 32.1 Å². The summed E-state index contributed by atoms with van der Waals surface area (Å²) in [5, 5.41) is 0. The number of ether oxygens (including phenoxy) is 3. The van der Waals surface area contributed by atoms with Gasteiger partial charge in [-0.1, -0.05) is 148 Å². The maximum absolute atomic E-state index is 14.1. The Balaban J connectivity index is 1.50. The minimum atomic E-state index is -1.54. The van der Waals surface area contributed by atoms with Crippen molar-refractivity contribution in [2.45, 2.75) is 192 Å². The number of nitrogens with two attached hydrogens (primary N) is 1. The van der Waals surface area contributed by atoms with Gasteiger partial charge in [0, 0.05) is 19.3 Å². The number of hydrogen-bond donors (Lipinski definition) is 1. The zero-order valence-corrected chi connectivity index (χ0v) is 31.5. The first-order chi connectivity index (χ1) is 24.8. The van der Waals surface area contributed by atoms with E-state index < -0.39 is 24.0 Å². The number of unbranched alkanes of at least 4 members (excludes halogenated alkanes) is 20. The second kappa shape index (κ2) is 24.1. The summed E-state index contributed by atoms with van der Waals surface area (Å²) in [6.07, 6.45) is 31.3. The lowest BCUT2D eigenvalue weighted by atomic mass is 9.98. The van der Waals surface area contributed by atoms with Gasteiger partial charge in [-0.3, -0.25) is 14.2 Å². The molecule has 3 rings (SSSR count). The summed E-state index contributed by atoms with van der Waals surface area (Å²) >= 11 is 0. The van der Waals surface area contributed by atoms with E-state index in [9.17, 15) is 14.0 Å². The predicted molar refractivity (Wildman–Crippen MR) is 199 cm³/mol. The molecule has 10 nitrogen and oxygen atoms in total. The normalized spacial score (nSPS) is 18.6. The minimum Gasteiger partial charge on any atom is -0.461 e. The number of nitrogens with zero attached hydrogens (tertiary/aromatic N) is 4. The fourth-order valence-corrected chi connectivity index (χ4v) is 6.82. The van der Waals surface area contributed by atoms with E-state index in [0.29, 0.717) is 6.42 Å². The topological polar surface area (TPSA) is 131 Å². The molecule has 0 radical (unpaired) electrons. The number of imidazole rings is 1. The number of halogens is 1. The van der Waals surface area contributed by atoms with Crippen LogP contribution >= 0.6 is 0 Å². The summed E-state index contributed by atoms with van der Waals surface area (Å²) in [5.41, 5.74) is 4.66. The molecule has 0 amide bonds. The Morgan fingerprint density at radius 3 is 1.84 bits per heavy atom. The van der Waals surface area contributed by atoms with E-state index in [2.05, 4.69) is 34.7 Å². The van der Waals surface area contributed by atoms with Crippen molar-refractivity contribution in [1.29, 1.82) is 0 Å². The molecule has 1 aliphatic heterocycles. The van der Waals surface area contributed by atoms with Crippen LogP contribution in [0.5, 0.6) is 0 Å². The molecule has 51 heavy (non-hydrogen) atoms. The first-order valence-electron chi connectivity index (χ1n) is 20.0. The molecule has 0 aliphatic carbocycles. The first kappa shape index (κ1) is 42.2. The molecular formula is C40H64FN5O5. The summed E-state index contributed by atoms with van der Waals surface area (Å²) in [5.74, 6) is 1.76. The molecule has 1 aliphatic rings. The summed E-state index contributed by atoms with van der Waals surface area (Å²) in [6.45, 7) is 4.18. The molecule has 0 bridgehead atoms. The first-order valence-corrected chi connectivity index (χ1v) is 20.0. The minimum absolute atomic E-state index is 0.108. The van der Waals surface area contributed by atoms with Gasteiger partial charge in [0.05, 0.1) is 6.33 Å². The molecule has 11 heteroatoms. The Labute approximate surface area is 305 Å². The van der Waals surface area contributed by atoms with Crippen molar-refractivity contribution >= 4 is 28.9 Å². The molecule has 0 aromatic carbocycles. The van der Waals surface area contributed by atoms with Crippen molar-refractivity contribution in [2.24, 2.45) is 0 Å². The van der Waals surface area contributed by atoms with Crippen LogP contribution in [0, 0.1) is 18.4 Å². The van der Waals surface area contributed by atoms with E-state index >= 15 is 0 Å². The highest BCUT2D eigenvalue weighted by Gasteiger charge is 2.52. The van der Waals surface area contributed by atoms with E-state index in [1.165, 1.54) is 114 Å². The number of aromatic nitrogens is 4. The van der Waals surface area contributed by atoms with Crippen molar-refractivity contribution in [3.8, 4) is 12.3 Å². The molecule has 286 valence electrons. The third-order valence-corrected chi connectivity index (χ3v) is 9.95. The standard InChI is InChI=1S/C40H64FN5O5/c1-4-7-9-11-13-15-17-19-21-23-25-27-34(47)49-30-40(6-3)32(50-35(48)28-26-24-22-20-18-16-14-12-10-8-5-2)29-33(51-40)46-31-43-36-37(42)44-39(41)45-38(36)46/h3,31-33H,4-5,7-30H2,1-2H3,(H2,42,44,45)/t32-,33+,40+/m0/s1. The largest absolute Gasteiger partial charge is 0.461 e. The van der Waals surface area contributed by atoms with E-state index in [1.807, 2.05) is 0 Å². The van der Waals surface area contributed by atoms with Gasteiger partial charge in [-0.2, -0.15) is 14.4 Å². The summed E-state index contributed by atoms with van der Waals surface area (Å²) in [7, 11) is 0. The van der Waals surface area contributed by atoms with Crippen LogP contribution in [0.1, 0.15) is 181 Å². The predicted octanol–water partition coefficient (Wildman–Crippen LogP) is 9.70. The van der Waals surface area contributed by atoms with Gasteiger partial charge in [0.1, 0.15) is 18.9 Å². The van der Waals surface area contributed by atoms with Crippen molar-refractivity contribution in [3.63, 3.8) is 0 Å². The van der Waals surface area contributed by atoms with Crippen molar-refractivity contribution in [3.05, 3.63) is 12.4 Å². The zero-order chi connectivity index (χ0) is 36.7. The lowest BCUT2D eigenvalue weighted by Crippen LogP contribution is -2.45.